The Morgan fingerprint density at radius 2 is 1.71 bits per heavy atom. The van der Waals surface area contributed by atoms with Gasteiger partial charge in [-0.1, -0.05) is 13.3 Å². The highest BCUT2D eigenvalue weighted by atomic mass is 35.5. The van der Waals surface area contributed by atoms with Gasteiger partial charge in [-0.2, -0.15) is 8.78 Å². The summed E-state index contributed by atoms with van der Waals surface area (Å²) in [4.78, 5) is 0. The van der Waals surface area contributed by atoms with E-state index in [9.17, 15) is 17.6 Å². The SMILES string of the molecule is CCCC1COC(c2cc(F)c(C(F)(F)Cl)c(F)c2)OC1. The summed E-state index contributed by atoms with van der Waals surface area (Å²) in [5, 5.41) is -4.10. The lowest BCUT2D eigenvalue weighted by Gasteiger charge is -2.29. The zero-order valence-electron chi connectivity index (χ0n) is 11.3. The quantitative estimate of drug-likeness (QED) is 0.589. The molecule has 0 radical (unpaired) electrons. The van der Waals surface area contributed by atoms with Gasteiger partial charge in [0.05, 0.1) is 13.2 Å². The average Bonchev–Trinajstić information content (AvgIpc) is 2.37. The standard InChI is InChI=1S/C14H15ClF4O2/c1-2-3-8-6-20-13(21-7-8)9-4-10(16)12(11(17)5-9)14(15,18)19/h4-5,8,13H,2-3,6-7H2,1H3. The van der Waals surface area contributed by atoms with Gasteiger partial charge in [0.2, 0.25) is 0 Å². The number of benzene rings is 1. The van der Waals surface area contributed by atoms with Crippen LogP contribution in [0.3, 0.4) is 0 Å². The van der Waals surface area contributed by atoms with E-state index < -0.39 is 28.9 Å². The van der Waals surface area contributed by atoms with E-state index in [0.717, 1.165) is 25.0 Å². The third-order valence-corrected chi connectivity index (χ3v) is 3.47. The Bertz CT molecular complexity index is 473. The van der Waals surface area contributed by atoms with Crippen LogP contribution in [0.2, 0.25) is 0 Å². The van der Waals surface area contributed by atoms with Crippen LogP contribution in [0.15, 0.2) is 12.1 Å². The molecule has 0 amide bonds. The largest absolute Gasteiger partial charge is 0.353 e. The number of rotatable bonds is 4. The maximum Gasteiger partial charge on any atom is 0.353 e. The molecule has 0 saturated carbocycles. The number of hydrogen-bond acceptors (Lipinski definition) is 2. The number of alkyl halides is 3. The lowest BCUT2D eigenvalue weighted by molar-refractivity contribution is -0.206. The molecule has 1 saturated heterocycles. The molecule has 0 aliphatic carbocycles. The summed E-state index contributed by atoms with van der Waals surface area (Å²) >= 11 is 4.69. The molecule has 118 valence electrons. The van der Waals surface area contributed by atoms with Gasteiger partial charge in [-0.05, 0) is 30.2 Å². The number of hydrogen-bond donors (Lipinski definition) is 0. The summed E-state index contributed by atoms with van der Waals surface area (Å²) in [7, 11) is 0. The summed E-state index contributed by atoms with van der Waals surface area (Å²) in [6.45, 7) is 2.83. The Hall–Kier alpha value is -0.850. The lowest BCUT2D eigenvalue weighted by Crippen LogP contribution is -2.27. The van der Waals surface area contributed by atoms with Gasteiger partial charge in [0.25, 0.3) is 0 Å². The second-order valence-electron chi connectivity index (χ2n) is 5.01. The van der Waals surface area contributed by atoms with Gasteiger partial charge in [-0.15, -0.1) is 0 Å². The molecule has 1 aliphatic heterocycles. The minimum atomic E-state index is -4.10. The topological polar surface area (TPSA) is 18.5 Å². The van der Waals surface area contributed by atoms with Crippen LogP contribution in [0, 0.1) is 17.6 Å². The maximum absolute atomic E-state index is 13.6. The highest BCUT2D eigenvalue weighted by Crippen LogP contribution is 2.38. The first-order chi connectivity index (χ1) is 9.82. The van der Waals surface area contributed by atoms with E-state index in [0.29, 0.717) is 13.2 Å². The normalized spacial score (nSPS) is 23.3. The van der Waals surface area contributed by atoms with Crippen molar-refractivity contribution in [2.24, 2.45) is 5.92 Å². The fourth-order valence-corrected chi connectivity index (χ4v) is 2.49. The minimum Gasteiger partial charge on any atom is -0.348 e. The van der Waals surface area contributed by atoms with E-state index in [2.05, 4.69) is 11.6 Å². The molecule has 1 fully saturated rings. The van der Waals surface area contributed by atoms with Crippen molar-refractivity contribution in [1.82, 2.24) is 0 Å². The van der Waals surface area contributed by atoms with Gasteiger partial charge in [0, 0.05) is 11.5 Å². The second kappa shape index (κ2) is 6.50. The Labute approximate surface area is 125 Å². The van der Waals surface area contributed by atoms with Crippen LogP contribution in [0.4, 0.5) is 17.6 Å². The maximum atomic E-state index is 13.6. The van der Waals surface area contributed by atoms with Gasteiger partial charge in [0.1, 0.15) is 17.2 Å². The summed E-state index contributed by atoms with van der Waals surface area (Å²) < 4.78 is 63.9. The molecule has 1 heterocycles. The van der Waals surface area contributed by atoms with Gasteiger partial charge in [-0.3, -0.25) is 0 Å². The van der Waals surface area contributed by atoms with E-state index in [4.69, 9.17) is 9.47 Å². The molecule has 2 rings (SSSR count). The van der Waals surface area contributed by atoms with Crippen molar-refractivity contribution >= 4 is 11.6 Å². The molecule has 2 nitrogen and oxygen atoms in total. The van der Waals surface area contributed by atoms with Crippen LogP contribution >= 0.6 is 11.6 Å². The van der Waals surface area contributed by atoms with Crippen LogP contribution < -0.4 is 0 Å². The Kier molecular flexibility index (Phi) is 5.11. The Morgan fingerprint density at radius 1 is 1.19 bits per heavy atom. The molecule has 0 unspecified atom stereocenters. The molecule has 0 spiro atoms. The van der Waals surface area contributed by atoms with Crippen molar-refractivity contribution < 1.29 is 27.0 Å². The van der Waals surface area contributed by atoms with Crippen molar-refractivity contribution in [3.05, 3.63) is 34.9 Å². The molecule has 21 heavy (non-hydrogen) atoms. The van der Waals surface area contributed by atoms with E-state index >= 15 is 0 Å². The molecular formula is C14H15ClF4O2. The zero-order valence-corrected chi connectivity index (χ0v) is 12.1. The summed E-state index contributed by atoms with van der Waals surface area (Å²) in [6, 6.07) is 1.53. The monoisotopic (exact) mass is 326 g/mol. The van der Waals surface area contributed by atoms with Crippen LogP contribution in [0.25, 0.3) is 0 Å². The third kappa shape index (κ3) is 3.87. The number of ether oxygens (including phenoxy) is 2. The molecule has 1 aromatic rings. The van der Waals surface area contributed by atoms with Crippen LogP contribution in [0.5, 0.6) is 0 Å². The van der Waals surface area contributed by atoms with E-state index in [1.165, 1.54) is 0 Å². The first-order valence-electron chi connectivity index (χ1n) is 6.62. The molecule has 7 heteroatoms. The fraction of sp³-hybridized carbons (Fsp3) is 0.571. The lowest BCUT2D eigenvalue weighted by atomic mass is 10.0. The zero-order chi connectivity index (χ0) is 15.6. The molecule has 0 N–H and O–H groups in total. The summed E-state index contributed by atoms with van der Waals surface area (Å²) in [5.41, 5.74) is -1.45. The first kappa shape index (κ1) is 16.5. The molecule has 1 aromatic carbocycles. The average molecular weight is 327 g/mol. The minimum absolute atomic E-state index is 0.0182. The predicted molar refractivity (Wildman–Crippen MR) is 69.1 cm³/mol. The van der Waals surface area contributed by atoms with Crippen molar-refractivity contribution in [2.45, 2.75) is 31.4 Å². The third-order valence-electron chi connectivity index (χ3n) is 3.28. The van der Waals surface area contributed by atoms with E-state index in [1.807, 2.05) is 6.92 Å². The Balaban J connectivity index is 2.16. The Morgan fingerprint density at radius 3 is 2.14 bits per heavy atom. The molecule has 1 aliphatic rings. The van der Waals surface area contributed by atoms with Gasteiger partial charge >= 0.3 is 5.38 Å². The summed E-state index contributed by atoms with van der Waals surface area (Å²) in [6.07, 6.45) is 0.942. The molecule has 0 atom stereocenters. The fourth-order valence-electron chi connectivity index (χ4n) is 2.31. The molecule has 0 aromatic heterocycles. The summed E-state index contributed by atoms with van der Waals surface area (Å²) in [5.74, 6) is -2.62. The smallest absolute Gasteiger partial charge is 0.348 e. The molecule has 0 bridgehead atoms. The van der Waals surface area contributed by atoms with Crippen molar-refractivity contribution in [2.75, 3.05) is 13.2 Å². The van der Waals surface area contributed by atoms with Crippen molar-refractivity contribution in [3.63, 3.8) is 0 Å². The van der Waals surface area contributed by atoms with Gasteiger partial charge in [0.15, 0.2) is 6.29 Å². The van der Waals surface area contributed by atoms with Crippen molar-refractivity contribution in [3.8, 4) is 0 Å². The molecular weight excluding hydrogens is 312 g/mol. The highest BCUT2D eigenvalue weighted by molar-refractivity contribution is 6.21. The highest BCUT2D eigenvalue weighted by Gasteiger charge is 2.36. The number of halogens is 5. The second-order valence-corrected chi connectivity index (χ2v) is 5.49. The van der Waals surface area contributed by atoms with Gasteiger partial charge < -0.3 is 9.47 Å². The van der Waals surface area contributed by atoms with E-state index in [1.54, 1.807) is 0 Å². The predicted octanol–water partition coefficient (Wildman–Crippen LogP) is 4.71. The van der Waals surface area contributed by atoms with Gasteiger partial charge in [-0.25, -0.2) is 8.78 Å². The van der Waals surface area contributed by atoms with E-state index in [-0.39, 0.29) is 11.5 Å². The van der Waals surface area contributed by atoms with Crippen LogP contribution in [-0.4, -0.2) is 13.2 Å². The van der Waals surface area contributed by atoms with Crippen molar-refractivity contribution in [1.29, 1.82) is 0 Å². The first-order valence-corrected chi connectivity index (χ1v) is 7.00. The van der Waals surface area contributed by atoms with Crippen LogP contribution in [0.1, 0.15) is 37.2 Å². The van der Waals surface area contributed by atoms with Crippen LogP contribution in [-0.2, 0) is 14.9 Å².